The minimum Gasteiger partial charge on any atom is -0.493 e. The first kappa shape index (κ1) is 11.7. The van der Waals surface area contributed by atoms with Crippen molar-refractivity contribution in [3.8, 4) is 5.75 Å². The minimum absolute atomic E-state index is 0.824. The third kappa shape index (κ3) is 2.85. The molecule has 0 saturated heterocycles. The fourth-order valence-electron chi connectivity index (χ4n) is 1.77. The lowest BCUT2D eigenvalue weighted by molar-refractivity contribution is 0.352. The van der Waals surface area contributed by atoms with Crippen LogP contribution in [-0.2, 0) is 13.0 Å². The molecule has 82 valence electrons. The van der Waals surface area contributed by atoms with Crippen LogP contribution in [0.15, 0.2) is 16.6 Å². The van der Waals surface area contributed by atoms with E-state index in [1.807, 2.05) is 0 Å². The highest BCUT2D eigenvalue weighted by molar-refractivity contribution is 14.1. The van der Waals surface area contributed by atoms with E-state index >= 15 is 0 Å². The number of fused-ring (bicyclic) bond motifs is 1. The summed E-state index contributed by atoms with van der Waals surface area (Å²) in [6.45, 7) is 2.76. The lowest BCUT2D eigenvalue weighted by Crippen LogP contribution is -2.16. The van der Waals surface area contributed by atoms with Crippen LogP contribution in [0, 0.1) is 0 Å². The van der Waals surface area contributed by atoms with Crippen molar-refractivity contribution < 1.29 is 4.74 Å². The number of halogens is 2. The monoisotopic (exact) mass is 381 g/mol. The summed E-state index contributed by atoms with van der Waals surface area (Å²) in [6.07, 6.45) is 1.04. The van der Waals surface area contributed by atoms with Crippen molar-refractivity contribution in [2.45, 2.75) is 13.0 Å². The average molecular weight is 382 g/mol. The minimum atomic E-state index is 0.824. The molecule has 0 atom stereocenters. The molecule has 2 nitrogen and oxygen atoms in total. The first-order valence-corrected chi connectivity index (χ1v) is 7.34. The summed E-state index contributed by atoms with van der Waals surface area (Å²) in [7, 11) is 0. The molecule has 0 unspecified atom stereocenters. The molecule has 0 spiro atoms. The van der Waals surface area contributed by atoms with Crippen molar-refractivity contribution >= 4 is 38.5 Å². The highest BCUT2D eigenvalue weighted by Gasteiger charge is 2.16. The molecule has 0 bridgehead atoms. The third-order valence-corrected chi connectivity index (χ3v) is 3.41. The Morgan fingerprint density at radius 3 is 3.13 bits per heavy atom. The number of hydrogen-bond donors (Lipinski definition) is 1. The maximum Gasteiger partial charge on any atom is 0.127 e. The molecule has 0 aliphatic carbocycles. The van der Waals surface area contributed by atoms with Crippen molar-refractivity contribution in [1.29, 1.82) is 0 Å². The van der Waals surface area contributed by atoms with Gasteiger partial charge in [0.05, 0.1) is 6.61 Å². The van der Waals surface area contributed by atoms with E-state index in [4.69, 9.17) is 4.74 Å². The fraction of sp³-hybridized carbons (Fsp3) is 0.455. The van der Waals surface area contributed by atoms with Crippen molar-refractivity contribution in [3.05, 3.63) is 27.7 Å². The lowest BCUT2D eigenvalue weighted by Gasteiger charge is -2.09. The molecular formula is C11H13BrINO. The Morgan fingerprint density at radius 1 is 1.47 bits per heavy atom. The van der Waals surface area contributed by atoms with Crippen LogP contribution in [0.4, 0.5) is 0 Å². The molecule has 1 heterocycles. The molecule has 1 N–H and O–H groups in total. The Morgan fingerprint density at radius 2 is 2.33 bits per heavy atom. The zero-order valence-electron chi connectivity index (χ0n) is 8.35. The molecule has 1 aliphatic rings. The zero-order valence-corrected chi connectivity index (χ0v) is 12.1. The molecule has 1 aliphatic heterocycles. The van der Waals surface area contributed by atoms with Gasteiger partial charge in [-0.2, -0.15) is 0 Å². The van der Waals surface area contributed by atoms with Gasteiger partial charge in [-0.25, -0.2) is 0 Å². The summed E-state index contributed by atoms with van der Waals surface area (Å²) < 4.78 is 7.94. The van der Waals surface area contributed by atoms with E-state index in [2.05, 4.69) is 56.0 Å². The molecule has 0 saturated carbocycles. The summed E-state index contributed by atoms with van der Waals surface area (Å²) in [6, 6.07) is 4.30. The number of rotatable bonds is 4. The van der Waals surface area contributed by atoms with Crippen LogP contribution in [0.5, 0.6) is 5.75 Å². The van der Waals surface area contributed by atoms with Crippen molar-refractivity contribution in [2.24, 2.45) is 0 Å². The van der Waals surface area contributed by atoms with Gasteiger partial charge in [0.1, 0.15) is 5.75 Å². The van der Waals surface area contributed by atoms with Crippen LogP contribution in [-0.4, -0.2) is 17.6 Å². The van der Waals surface area contributed by atoms with Gasteiger partial charge < -0.3 is 10.1 Å². The van der Waals surface area contributed by atoms with E-state index in [0.29, 0.717) is 0 Å². The van der Waals surface area contributed by atoms with E-state index in [0.717, 1.165) is 40.8 Å². The molecular weight excluding hydrogens is 369 g/mol. The van der Waals surface area contributed by atoms with Gasteiger partial charge in [0.15, 0.2) is 0 Å². The van der Waals surface area contributed by atoms with Gasteiger partial charge in [-0.15, -0.1) is 0 Å². The normalized spacial score (nSPS) is 13.7. The second-order valence-electron chi connectivity index (χ2n) is 3.52. The third-order valence-electron chi connectivity index (χ3n) is 2.41. The number of alkyl halides is 1. The van der Waals surface area contributed by atoms with Gasteiger partial charge in [-0.05, 0) is 17.7 Å². The first-order valence-electron chi connectivity index (χ1n) is 5.02. The molecule has 15 heavy (non-hydrogen) atoms. The van der Waals surface area contributed by atoms with Gasteiger partial charge in [0.2, 0.25) is 0 Å². The Balaban J connectivity index is 2.15. The Kier molecular flexibility index (Phi) is 4.28. The van der Waals surface area contributed by atoms with Crippen LogP contribution >= 0.6 is 38.5 Å². The van der Waals surface area contributed by atoms with Gasteiger partial charge in [0, 0.05) is 34.0 Å². The SMILES string of the molecule is Brc1cc2c(c(CNCCI)c1)OCC2. The molecule has 0 aromatic heterocycles. The maximum absolute atomic E-state index is 5.65. The summed E-state index contributed by atoms with van der Waals surface area (Å²) in [5, 5.41) is 3.40. The lowest BCUT2D eigenvalue weighted by atomic mass is 10.1. The summed E-state index contributed by atoms with van der Waals surface area (Å²) in [4.78, 5) is 0. The Bertz CT molecular complexity index is 357. The van der Waals surface area contributed by atoms with Crippen LogP contribution in [0.1, 0.15) is 11.1 Å². The second kappa shape index (κ2) is 5.50. The fourth-order valence-corrected chi connectivity index (χ4v) is 2.70. The van der Waals surface area contributed by atoms with E-state index < -0.39 is 0 Å². The largest absolute Gasteiger partial charge is 0.493 e. The van der Waals surface area contributed by atoms with Crippen LogP contribution in [0.2, 0.25) is 0 Å². The van der Waals surface area contributed by atoms with Crippen molar-refractivity contribution in [3.63, 3.8) is 0 Å². The summed E-state index contributed by atoms with van der Waals surface area (Å²) in [5.74, 6) is 1.10. The van der Waals surface area contributed by atoms with E-state index in [1.165, 1.54) is 11.1 Å². The highest BCUT2D eigenvalue weighted by Crippen LogP contribution is 2.32. The maximum atomic E-state index is 5.65. The smallest absolute Gasteiger partial charge is 0.127 e. The Hall–Kier alpha value is 0.190. The number of hydrogen-bond acceptors (Lipinski definition) is 2. The second-order valence-corrected chi connectivity index (χ2v) is 5.51. The van der Waals surface area contributed by atoms with E-state index in [9.17, 15) is 0 Å². The van der Waals surface area contributed by atoms with E-state index in [1.54, 1.807) is 0 Å². The topological polar surface area (TPSA) is 21.3 Å². The van der Waals surface area contributed by atoms with Crippen LogP contribution in [0.3, 0.4) is 0 Å². The number of nitrogens with one attached hydrogen (secondary N) is 1. The van der Waals surface area contributed by atoms with Crippen LogP contribution < -0.4 is 10.1 Å². The van der Waals surface area contributed by atoms with Crippen molar-refractivity contribution in [1.82, 2.24) is 5.32 Å². The molecule has 1 aromatic rings. The highest BCUT2D eigenvalue weighted by atomic mass is 127. The quantitative estimate of drug-likeness (QED) is 0.492. The van der Waals surface area contributed by atoms with Crippen molar-refractivity contribution in [2.75, 3.05) is 17.6 Å². The molecule has 0 fully saturated rings. The van der Waals surface area contributed by atoms with Gasteiger partial charge >= 0.3 is 0 Å². The molecule has 0 amide bonds. The molecule has 4 heteroatoms. The standard InChI is InChI=1S/C11H13BrINO/c12-10-5-8-1-4-15-11(8)9(6-10)7-14-3-2-13/h5-6,14H,1-4,7H2. The van der Waals surface area contributed by atoms with Gasteiger partial charge in [0.25, 0.3) is 0 Å². The summed E-state index contributed by atoms with van der Waals surface area (Å²) >= 11 is 5.91. The summed E-state index contributed by atoms with van der Waals surface area (Å²) in [5.41, 5.74) is 2.59. The number of benzene rings is 1. The molecule has 1 aromatic carbocycles. The molecule has 0 radical (unpaired) electrons. The zero-order chi connectivity index (χ0) is 10.7. The number of ether oxygens (including phenoxy) is 1. The molecule has 2 rings (SSSR count). The first-order chi connectivity index (χ1) is 7.31. The van der Waals surface area contributed by atoms with Crippen LogP contribution in [0.25, 0.3) is 0 Å². The Labute approximate surface area is 112 Å². The van der Waals surface area contributed by atoms with E-state index in [-0.39, 0.29) is 0 Å². The van der Waals surface area contributed by atoms with Gasteiger partial charge in [-0.1, -0.05) is 38.5 Å². The average Bonchev–Trinajstić information content (AvgIpc) is 2.65. The van der Waals surface area contributed by atoms with Gasteiger partial charge in [-0.3, -0.25) is 0 Å². The predicted molar refractivity (Wildman–Crippen MR) is 73.9 cm³/mol. The predicted octanol–water partition coefficient (Wildman–Crippen LogP) is 2.91.